The molecule has 2 N–H and O–H groups in total. The molecule has 1 atom stereocenters. The lowest BCUT2D eigenvalue weighted by Gasteiger charge is -2.10. The molecule has 0 bridgehead atoms. The number of hydrogen-bond acceptors (Lipinski definition) is 2. The van der Waals surface area contributed by atoms with Crippen LogP contribution in [-0.2, 0) is 11.3 Å². The van der Waals surface area contributed by atoms with Crippen LogP contribution in [0.5, 0.6) is 0 Å². The van der Waals surface area contributed by atoms with Crippen molar-refractivity contribution in [2.24, 2.45) is 0 Å². The van der Waals surface area contributed by atoms with Crippen molar-refractivity contribution in [3.05, 3.63) is 35.9 Å². The van der Waals surface area contributed by atoms with E-state index < -0.39 is 0 Å². The Balaban J connectivity index is 0.00000128. The normalized spacial score (nSPS) is 18.9. The van der Waals surface area contributed by atoms with E-state index in [2.05, 4.69) is 10.6 Å². The third kappa shape index (κ3) is 3.51. The summed E-state index contributed by atoms with van der Waals surface area (Å²) in [5.74, 6) is 0.122. The fourth-order valence-electron chi connectivity index (χ4n) is 1.82. The Morgan fingerprint density at radius 3 is 2.75 bits per heavy atom. The van der Waals surface area contributed by atoms with Gasteiger partial charge in [-0.05, 0) is 24.9 Å². The second kappa shape index (κ2) is 6.51. The standard InChI is InChI=1S/C12H16N2O.ClH/c15-12(11-7-4-8-13-11)14-9-10-5-2-1-3-6-10;/h1-3,5-6,11,13H,4,7-9H2,(H,14,15);1H/t11-;/m1./s1. The highest BCUT2D eigenvalue weighted by atomic mass is 35.5. The second-order valence-corrected chi connectivity index (χ2v) is 3.85. The number of halogens is 1. The van der Waals surface area contributed by atoms with E-state index in [4.69, 9.17) is 0 Å². The number of nitrogens with one attached hydrogen (secondary N) is 2. The Labute approximate surface area is 102 Å². The van der Waals surface area contributed by atoms with E-state index in [1.807, 2.05) is 30.3 Å². The minimum Gasteiger partial charge on any atom is -0.351 e. The minimum atomic E-state index is 0. The minimum absolute atomic E-state index is 0. The van der Waals surface area contributed by atoms with Crippen LogP contribution < -0.4 is 10.6 Å². The lowest BCUT2D eigenvalue weighted by atomic mass is 10.2. The van der Waals surface area contributed by atoms with Crippen molar-refractivity contribution in [2.45, 2.75) is 25.4 Å². The summed E-state index contributed by atoms with van der Waals surface area (Å²) in [6.07, 6.45) is 2.06. The van der Waals surface area contributed by atoms with Crippen molar-refractivity contribution in [2.75, 3.05) is 6.54 Å². The summed E-state index contributed by atoms with van der Waals surface area (Å²) in [6.45, 7) is 1.58. The highest BCUT2D eigenvalue weighted by Gasteiger charge is 2.21. The summed E-state index contributed by atoms with van der Waals surface area (Å²) in [5.41, 5.74) is 1.14. The van der Waals surface area contributed by atoms with Crippen LogP contribution in [-0.4, -0.2) is 18.5 Å². The number of carbonyl (C=O) groups is 1. The monoisotopic (exact) mass is 240 g/mol. The van der Waals surface area contributed by atoms with Crippen molar-refractivity contribution >= 4 is 18.3 Å². The summed E-state index contributed by atoms with van der Waals surface area (Å²) in [5, 5.41) is 6.12. The Hall–Kier alpha value is -1.06. The van der Waals surface area contributed by atoms with Crippen molar-refractivity contribution in [1.82, 2.24) is 10.6 Å². The Morgan fingerprint density at radius 2 is 2.12 bits per heavy atom. The van der Waals surface area contributed by atoms with Gasteiger partial charge in [0.2, 0.25) is 5.91 Å². The molecule has 88 valence electrons. The predicted octanol–water partition coefficient (Wildman–Crippen LogP) is 1.48. The first kappa shape index (κ1) is 13.0. The first-order chi connectivity index (χ1) is 7.36. The molecule has 0 aromatic heterocycles. The van der Waals surface area contributed by atoms with E-state index in [1.54, 1.807) is 0 Å². The van der Waals surface area contributed by atoms with Crippen LogP contribution in [0.25, 0.3) is 0 Å². The van der Waals surface area contributed by atoms with Gasteiger partial charge in [-0.1, -0.05) is 30.3 Å². The summed E-state index contributed by atoms with van der Waals surface area (Å²) in [6, 6.07) is 9.99. The van der Waals surface area contributed by atoms with Gasteiger partial charge in [0.25, 0.3) is 0 Å². The number of amides is 1. The third-order valence-electron chi connectivity index (χ3n) is 2.69. The molecule has 16 heavy (non-hydrogen) atoms. The quantitative estimate of drug-likeness (QED) is 0.840. The molecule has 1 heterocycles. The molecule has 0 radical (unpaired) electrons. The molecular formula is C12H17ClN2O. The van der Waals surface area contributed by atoms with Gasteiger partial charge in [-0.25, -0.2) is 0 Å². The Morgan fingerprint density at radius 1 is 1.38 bits per heavy atom. The lowest BCUT2D eigenvalue weighted by Crippen LogP contribution is -2.39. The maximum absolute atomic E-state index is 11.6. The molecule has 1 aromatic carbocycles. The molecule has 1 amide bonds. The molecule has 2 rings (SSSR count). The van der Waals surface area contributed by atoms with Crippen LogP contribution in [0.1, 0.15) is 18.4 Å². The zero-order valence-electron chi connectivity index (χ0n) is 9.11. The van der Waals surface area contributed by atoms with Crippen molar-refractivity contribution < 1.29 is 4.79 Å². The number of benzene rings is 1. The van der Waals surface area contributed by atoms with Gasteiger partial charge in [-0.2, -0.15) is 0 Å². The lowest BCUT2D eigenvalue weighted by molar-refractivity contribution is -0.122. The first-order valence-electron chi connectivity index (χ1n) is 5.41. The molecule has 0 aliphatic carbocycles. The zero-order valence-corrected chi connectivity index (χ0v) is 9.93. The smallest absolute Gasteiger partial charge is 0.237 e. The second-order valence-electron chi connectivity index (χ2n) is 3.85. The van der Waals surface area contributed by atoms with Gasteiger partial charge in [0.05, 0.1) is 6.04 Å². The van der Waals surface area contributed by atoms with Crippen LogP contribution in [0.4, 0.5) is 0 Å². The molecule has 3 nitrogen and oxygen atoms in total. The fourth-order valence-corrected chi connectivity index (χ4v) is 1.82. The fraction of sp³-hybridized carbons (Fsp3) is 0.417. The summed E-state index contributed by atoms with van der Waals surface area (Å²) >= 11 is 0. The zero-order chi connectivity index (χ0) is 10.5. The Bertz CT molecular complexity index is 323. The molecule has 4 heteroatoms. The highest BCUT2D eigenvalue weighted by Crippen LogP contribution is 2.05. The maximum atomic E-state index is 11.6. The van der Waals surface area contributed by atoms with Crippen LogP contribution in [0, 0.1) is 0 Å². The topological polar surface area (TPSA) is 41.1 Å². The van der Waals surface area contributed by atoms with Gasteiger partial charge in [0.15, 0.2) is 0 Å². The molecule has 1 aliphatic heterocycles. The van der Waals surface area contributed by atoms with Gasteiger partial charge in [0.1, 0.15) is 0 Å². The van der Waals surface area contributed by atoms with Crippen molar-refractivity contribution in [3.63, 3.8) is 0 Å². The van der Waals surface area contributed by atoms with E-state index >= 15 is 0 Å². The van der Waals surface area contributed by atoms with E-state index in [1.165, 1.54) is 0 Å². The molecule has 1 aromatic rings. The highest BCUT2D eigenvalue weighted by molar-refractivity contribution is 5.85. The van der Waals surface area contributed by atoms with Crippen LogP contribution in [0.3, 0.4) is 0 Å². The maximum Gasteiger partial charge on any atom is 0.237 e. The van der Waals surface area contributed by atoms with E-state index in [0.717, 1.165) is 24.9 Å². The molecule has 1 aliphatic rings. The van der Waals surface area contributed by atoms with Crippen LogP contribution in [0.15, 0.2) is 30.3 Å². The average Bonchev–Trinajstić information content (AvgIpc) is 2.81. The van der Waals surface area contributed by atoms with E-state index in [-0.39, 0.29) is 24.4 Å². The molecule has 0 saturated carbocycles. The largest absolute Gasteiger partial charge is 0.351 e. The molecule has 1 fully saturated rings. The van der Waals surface area contributed by atoms with Crippen LogP contribution in [0.2, 0.25) is 0 Å². The molecule has 0 unspecified atom stereocenters. The number of rotatable bonds is 3. The molecule has 0 spiro atoms. The van der Waals surface area contributed by atoms with Gasteiger partial charge >= 0.3 is 0 Å². The number of hydrogen-bond donors (Lipinski definition) is 2. The predicted molar refractivity (Wildman–Crippen MR) is 66.6 cm³/mol. The summed E-state index contributed by atoms with van der Waals surface area (Å²) < 4.78 is 0. The first-order valence-corrected chi connectivity index (χ1v) is 5.41. The average molecular weight is 241 g/mol. The summed E-state index contributed by atoms with van der Waals surface area (Å²) in [4.78, 5) is 11.6. The SMILES string of the molecule is Cl.O=C(NCc1ccccc1)[C@H]1CCCN1. The van der Waals surface area contributed by atoms with Crippen molar-refractivity contribution in [3.8, 4) is 0 Å². The van der Waals surface area contributed by atoms with Gasteiger partial charge in [-0.15, -0.1) is 12.4 Å². The third-order valence-corrected chi connectivity index (χ3v) is 2.69. The van der Waals surface area contributed by atoms with E-state index in [9.17, 15) is 4.79 Å². The van der Waals surface area contributed by atoms with Crippen LogP contribution >= 0.6 is 12.4 Å². The Kier molecular flexibility index (Phi) is 5.29. The van der Waals surface area contributed by atoms with Gasteiger partial charge < -0.3 is 10.6 Å². The van der Waals surface area contributed by atoms with Crippen molar-refractivity contribution in [1.29, 1.82) is 0 Å². The van der Waals surface area contributed by atoms with E-state index in [0.29, 0.717) is 6.54 Å². The molecular weight excluding hydrogens is 224 g/mol. The van der Waals surface area contributed by atoms with Gasteiger partial charge in [0, 0.05) is 6.54 Å². The van der Waals surface area contributed by atoms with Gasteiger partial charge in [-0.3, -0.25) is 4.79 Å². The summed E-state index contributed by atoms with van der Waals surface area (Å²) in [7, 11) is 0. The number of carbonyl (C=O) groups excluding carboxylic acids is 1. The molecule has 1 saturated heterocycles.